The highest BCUT2D eigenvalue weighted by atomic mass is 16.6. The van der Waals surface area contributed by atoms with Gasteiger partial charge in [0.1, 0.15) is 16.7 Å². The molecule has 33 heavy (non-hydrogen) atoms. The average Bonchev–Trinajstić information content (AvgIpc) is 3.17. The number of esters is 1. The van der Waals surface area contributed by atoms with Gasteiger partial charge in [-0.15, -0.1) is 0 Å². The Morgan fingerprint density at radius 3 is 2.52 bits per heavy atom. The van der Waals surface area contributed by atoms with Crippen LogP contribution in [0, 0.1) is 29.2 Å². The Morgan fingerprint density at radius 2 is 1.94 bits per heavy atom. The lowest BCUT2D eigenvalue weighted by molar-refractivity contribution is -0.146. The van der Waals surface area contributed by atoms with E-state index in [1.54, 1.807) is 14.2 Å². The van der Waals surface area contributed by atoms with E-state index in [-0.39, 0.29) is 35.9 Å². The molecule has 1 aliphatic rings. The van der Waals surface area contributed by atoms with E-state index in [1.165, 1.54) is 0 Å². The van der Waals surface area contributed by atoms with Gasteiger partial charge >= 0.3 is 5.97 Å². The van der Waals surface area contributed by atoms with Crippen molar-refractivity contribution in [2.24, 2.45) is 28.8 Å². The molecule has 1 fully saturated rings. The minimum absolute atomic E-state index is 0.115. The van der Waals surface area contributed by atoms with Crippen LogP contribution in [-0.4, -0.2) is 45.5 Å². The number of hydrogen-bond acceptors (Lipinski definition) is 7. The second-order valence-corrected chi connectivity index (χ2v) is 9.47. The molecule has 0 aromatic heterocycles. The maximum Gasteiger partial charge on any atom is 0.309 e. The van der Waals surface area contributed by atoms with Gasteiger partial charge in [-0.25, -0.2) is 0 Å². The van der Waals surface area contributed by atoms with Crippen molar-refractivity contribution in [1.29, 1.82) is 5.53 Å². The van der Waals surface area contributed by atoms with Gasteiger partial charge in [-0.1, -0.05) is 33.8 Å². The number of rotatable bonds is 14. The van der Waals surface area contributed by atoms with Crippen LogP contribution in [0.3, 0.4) is 0 Å². The van der Waals surface area contributed by atoms with Gasteiger partial charge in [0.2, 0.25) is 4.91 Å². The highest BCUT2D eigenvalue weighted by Gasteiger charge is 2.43. The SMILES string of the molecule is COCCCOc1cc(C[C@@H](C[C@H](N=[N+]=N)[C@H]2C[C@H](C(C)C)C(=O)O2)C(C)C)ccc1OC. The molecular weight excluding hydrogens is 422 g/mol. The third-order valence-electron chi connectivity index (χ3n) is 6.46. The number of carbonyl (C=O) groups is 1. The van der Waals surface area contributed by atoms with Gasteiger partial charge in [0.05, 0.1) is 19.6 Å². The first-order valence-electron chi connectivity index (χ1n) is 11.9. The largest absolute Gasteiger partial charge is 0.493 e. The van der Waals surface area contributed by atoms with Gasteiger partial charge < -0.3 is 18.9 Å². The summed E-state index contributed by atoms with van der Waals surface area (Å²) < 4.78 is 22.2. The predicted molar refractivity (Wildman–Crippen MR) is 126 cm³/mol. The van der Waals surface area contributed by atoms with Gasteiger partial charge in [-0.05, 0) is 48.3 Å². The monoisotopic (exact) mass is 462 g/mol. The fourth-order valence-electron chi connectivity index (χ4n) is 4.31. The van der Waals surface area contributed by atoms with Gasteiger partial charge in [0, 0.05) is 26.6 Å². The Morgan fingerprint density at radius 1 is 1.18 bits per heavy atom. The molecule has 0 amide bonds. The molecule has 1 aliphatic heterocycles. The van der Waals surface area contributed by atoms with Crippen LogP contribution in [0.25, 0.3) is 0 Å². The lowest BCUT2D eigenvalue weighted by Gasteiger charge is -2.25. The Hall–Kier alpha value is -2.44. The fraction of sp³-hybridized carbons (Fsp3) is 0.720. The second-order valence-electron chi connectivity index (χ2n) is 9.47. The van der Waals surface area contributed by atoms with Crippen molar-refractivity contribution < 1.29 is 23.7 Å². The first-order chi connectivity index (χ1) is 15.8. The van der Waals surface area contributed by atoms with Crippen molar-refractivity contribution in [3.63, 3.8) is 0 Å². The molecule has 1 aromatic rings. The Labute approximate surface area is 197 Å². The molecule has 0 saturated carbocycles. The van der Waals surface area contributed by atoms with Crippen LogP contribution in [0.5, 0.6) is 11.5 Å². The molecule has 8 heteroatoms. The van der Waals surface area contributed by atoms with Gasteiger partial charge in [-0.2, -0.15) is 0 Å². The molecule has 0 aliphatic carbocycles. The van der Waals surface area contributed by atoms with E-state index in [2.05, 4.69) is 29.9 Å². The minimum Gasteiger partial charge on any atom is -0.493 e. The van der Waals surface area contributed by atoms with Crippen molar-refractivity contribution in [1.82, 2.24) is 4.91 Å². The number of nitrogens with zero attached hydrogens (tertiary/aromatic N) is 2. The summed E-state index contributed by atoms with van der Waals surface area (Å²) in [5, 5.41) is 4.16. The summed E-state index contributed by atoms with van der Waals surface area (Å²) in [5.74, 6) is 2.02. The van der Waals surface area contributed by atoms with Crippen LogP contribution in [0.15, 0.2) is 23.3 Å². The molecule has 1 N–H and O–H groups in total. The lowest BCUT2D eigenvalue weighted by atomic mass is 9.82. The number of carbonyl (C=O) groups excluding carboxylic acids is 1. The Kier molecular flexibility index (Phi) is 10.8. The van der Waals surface area contributed by atoms with Gasteiger partial charge in [0.15, 0.2) is 17.5 Å². The normalized spacial score (nSPS) is 19.8. The van der Waals surface area contributed by atoms with E-state index in [1.807, 2.05) is 26.0 Å². The highest BCUT2D eigenvalue weighted by Crippen LogP contribution is 2.35. The molecule has 0 bridgehead atoms. The first-order valence-corrected chi connectivity index (χ1v) is 11.9. The zero-order valence-corrected chi connectivity index (χ0v) is 20.9. The molecule has 2 rings (SSSR count). The number of hydrogen-bond donors (Lipinski definition) is 1. The quantitative estimate of drug-likeness (QED) is 0.185. The number of methoxy groups -OCH3 is 2. The predicted octanol–water partition coefficient (Wildman–Crippen LogP) is 4.82. The van der Waals surface area contributed by atoms with Crippen LogP contribution in [0.1, 0.15) is 52.5 Å². The van der Waals surface area contributed by atoms with E-state index in [0.29, 0.717) is 37.7 Å². The highest BCUT2D eigenvalue weighted by molar-refractivity contribution is 5.75. The van der Waals surface area contributed by atoms with Crippen LogP contribution < -0.4 is 14.4 Å². The van der Waals surface area contributed by atoms with E-state index >= 15 is 0 Å². The summed E-state index contributed by atoms with van der Waals surface area (Å²) in [6, 6.07) is 5.71. The summed E-state index contributed by atoms with van der Waals surface area (Å²) in [4.78, 5) is 15.6. The summed E-state index contributed by atoms with van der Waals surface area (Å²) in [5.41, 5.74) is 8.44. The molecule has 0 radical (unpaired) electrons. The van der Waals surface area contributed by atoms with Crippen LogP contribution in [0.4, 0.5) is 0 Å². The van der Waals surface area contributed by atoms with Gasteiger partial charge in [-0.3, -0.25) is 4.79 Å². The Bertz CT molecular complexity index is 807. The topological polar surface area (TPSA) is 104 Å². The third-order valence-corrected chi connectivity index (χ3v) is 6.46. The maximum absolute atomic E-state index is 12.3. The molecule has 8 nitrogen and oxygen atoms in total. The molecule has 1 aromatic carbocycles. The zero-order chi connectivity index (χ0) is 24.4. The summed E-state index contributed by atoms with van der Waals surface area (Å²) in [6.45, 7) is 9.63. The van der Waals surface area contributed by atoms with E-state index < -0.39 is 0 Å². The van der Waals surface area contributed by atoms with Crippen molar-refractivity contribution in [2.75, 3.05) is 27.4 Å². The lowest BCUT2D eigenvalue weighted by Crippen LogP contribution is -2.29. The molecule has 0 unspecified atom stereocenters. The van der Waals surface area contributed by atoms with Crippen molar-refractivity contribution >= 4 is 5.97 Å². The molecule has 0 spiro atoms. The minimum atomic E-state index is -0.323. The number of ether oxygens (including phenoxy) is 4. The number of cyclic esters (lactones) is 1. The summed E-state index contributed by atoms with van der Waals surface area (Å²) >= 11 is 0. The van der Waals surface area contributed by atoms with Crippen molar-refractivity contribution in [3.05, 3.63) is 23.8 Å². The number of benzene rings is 1. The molecular formula is C25H40N3O5+. The van der Waals surface area contributed by atoms with Crippen LogP contribution in [0.2, 0.25) is 0 Å². The fourth-order valence-corrected chi connectivity index (χ4v) is 4.31. The molecule has 184 valence electrons. The third kappa shape index (κ3) is 7.83. The molecule has 1 saturated heterocycles. The van der Waals surface area contributed by atoms with E-state index in [9.17, 15) is 4.79 Å². The van der Waals surface area contributed by atoms with Gasteiger partial charge in [0.25, 0.3) is 0 Å². The van der Waals surface area contributed by atoms with E-state index in [4.69, 9.17) is 24.5 Å². The summed E-state index contributed by atoms with van der Waals surface area (Å²) in [7, 11) is 3.31. The van der Waals surface area contributed by atoms with Crippen LogP contribution in [-0.2, 0) is 20.7 Å². The van der Waals surface area contributed by atoms with Crippen molar-refractivity contribution in [2.45, 2.75) is 65.5 Å². The van der Waals surface area contributed by atoms with Crippen LogP contribution >= 0.6 is 0 Å². The summed E-state index contributed by atoms with van der Waals surface area (Å²) in [6.07, 6.45) is 2.62. The number of nitrogens with one attached hydrogen (secondary N) is 1. The molecule has 4 atom stereocenters. The standard InChI is InChI=1S/C25H40N3O5/c1-16(2)19(14-21(27-28-26)23-15-20(17(3)4)25(29)33-23)12-18-8-9-22(31-6)24(13-18)32-11-7-10-30-5/h8-9,13,16-17,19-21,23,26H,7,10-12,14-15H2,1-6H3/q+1/t19-,20+,21-,23+/m0/s1. The zero-order valence-electron chi connectivity index (χ0n) is 20.9. The Balaban J connectivity index is 2.14. The second kappa shape index (κ2) is 13.3. The average molecular weight is 463 g/mol. The van der Waals surface area contributed by atoms with Crippen molar-refractivity contribution in [3.8, 4) is 11.5 Å². The van der Waals surface area contributed by atoms with E-state index in [0.717, 1.165) is 24.2 Å². The smallest absolute Gasteiger partial charge is 0.309 e. The maximum atomic E-state index is 12.3. The first kappa shape index (κ1) is 26.8. The molecule has 1 heterocycles.